The van der Waals surface area contributed by atoms with Gasteiger partial charge in [0.2, 0.25) is 21.7 Å². The Labute approximate surface area is 222 Å². The monoisotopic (exact) mass is 589 g/mol. The predicted octanol–water partition coefficient (Wildman–Crippen LogP) is 4.46. The van der Waals surface area contributed by atoms with Crippen LogP contribution in [0.3, 0.4) is 0 Å². The first kappa shape index (κ1) is 28.0. The molecule has 1 aromatic carbocycles. The summed E-state index contributed by atoms with van der Waals surface area (Å²) < 4.78 is 120. The number of carbonyl (C=O) groups excluding carboxylic acids is 1. The van der Waals surface area contributed by atoms with Crippen molar-refractivity contribution in [3.05, 3.63) is 65.9 Å². The molecule has 1 saturated carbocycles. The Kier molecular flexibility index (Phi) is 6.89. The van der Waals surface area contributed by atoms with E-state index in [1.165, 1.54) is 0 Å². The van der Waals surface area contributed by atoms with Crippen LogP contribution in [0.4, 0.5) is 30.7 Å². The smallest absolute Gasteiger partial charge is 0.298 e. The Bertz CT molecular complexity index is 1540. The predicted molar refractivity (Wildman–Crippen MR) is 122 cm³/mol. The zero-order chi connectivity index (χ0) is 29.0. The van der Waals surface area contributed by atoms with E-state index in [1.54, 1.807) is 0 Å². The van der Waals surface area contributed by atoms with E-state index in [4.69, 9.17) is 0 Å². The molecule has 8 nitrogen and oxygen atoms in total. The van der Waals surface area contributed by atoms with Crippen molar-refractivity contribution in [1.82, 2.24) is 24.2 Å². The molecule has 0 unspecified atom stereocenters. The minimum absolute atomic E-state index is 0.187. The molecule has 0 radical (unpaired) electrons. The van der Waals surface area contributed by atoms with Crippen molar-refractivity contribution >= 4 is 15.8 Å². The van der Waals surface area contributed by atoms with Crippen LogP contribution in [-0.2, 0) is 33.6 Å². The van der Waals surface area contributed by atoms with Gasteiger partial charge >= 0.3 is 12.4 Å². The Hall–Kier alpha value is -3.53. The van der Waals surface area contributed by atoms with E-state index in [0.29, 0.717) is 25.2 Å². The van der Waals surface area contributed by atoms with E-state index in [1.807, 2.05) is 0 Å². The van der Waals surface area contributed by atoms with Gasteiger partial charge in [-0.3, -0.25) is 4.79 Å². The number of carbonyl (C=O) groups is 1. The number of hydrogen-bond donors (Lipinski definition) is 0. The number of Topliss-reactive ketones (excluding diaryl/α,β-unsaturated/α-hetero) is 1. The van der Waals surface area contributed by atoms with Gasteiger partial charge in [-0.25, -0.2) is 32.7 Å². The second-order valence-electron chi connectivity index (χ2n) is 9.44. The molecule has 2 bridgehead atoms. The fraction of sp³-hybridized carbons (Fsp3) is 0.375. The topological polar surface area (TPSA) is 106 Å². The molecule has 0 amide bonds. The third-order valence-electron chi connectivity index (χ3n) is 6.81. The van der Waals surface area contributed by atoms with E-state index in [-0.39, 0.29) is 34.9 Å². The summed E-state index contributed by atoms with van der Waals surface area (Å²) in [6.07, 6.45) is -8.30. The van der Waals surface area contributed by atoms with Gasteiger partial charge in [-0.05, 0) is 55.5 Å². The van der Waals surface area contributed by atoms with Gasteiger partial charge in [-0.1, -0.05) is 0 Å². The van der Waals surface area contributed by atoms with E-state index >= 15 is 0 Å². The molecule has 16 heteroatoms. The van der Waals surface area contributed by atoms with Crippen LogP contribution in [0.15, 0.2) is 47.6 Å². The van der Waals surface area contributed by atoms with Crippen molar-refractivity contribution in [1.29, 1.82) is 0 Å². The summed E-state index contributed by atoms with van der Waals surface area (Å²) >= 11 is 0. The first-order chi connectivity index (χ1) is 18.6. The molecule has 0 spiro atoms. The van der Waals surface area contributed by atoms with E-state index in [2.05, 4.69) is 19.9 Å². The van der Waals surface area contributed by atoms with Gasteiger partial charge in [0, 0.05) is 36.1 Å². The lowest BCUT2D eigenvalue weighted by Gasteiger charge is -2.25. The summed E-state index contributed by atoms with van der Waals surface area (Å²) in [6, 6.07) is 3.77. The summed E-state index contributed by atoms with van der Waals surface area (Å²) in [6.45, 7) is 0. The maximum atomic E-state index is 13.5. The fourth-order valence-electron chi connectivity index (χ4n) is 4.92. The molecule has 40 heavy (non-hydrogen) atoms. The molecular formula is C24H18F7N5O3S. The van der Waals surface area contributed by atoms with Crippen LogP contribution >= 0.6 is 0 Å². The highest BCUT2D eigenvalue weighted by Crippen LogP contribution is 2.49. The normalized spacial score (nSPS) is 21.3. The maximum absolute atomic E-state index is 13.5. The van der Waals surface area contributed by atoms with Gasteiger partial charge in [0.05, 0.1) is 16.6 Å². The second kappa shape index (κ2) is 9.83. The first-order valence-corrected chi connectivity index (χ1v) is 13.2. The van der Waals surface area contributed by atoms with Crippen molar-refractivity contribution in [3.63, 3.8) is 0 Å². The molecule has 1 atom stereocenters. The maximum Gasteiger partial charge on any atom is 0.451 e. The fourth-order valence-corrected chi connectivity index (χ4v) is 6.79. The van der Waals surface area contributed by atoms with Gasteiger partial charge < -0.3 is 0 Å². The highest BCUT2D eigenvalue weighted by Gasteiger charge is 2.58. The summed E-state index contributed by atoms with van der Waals surface area (Å²) in [5.41, 5.74) is -0.868. The number of alkyl halides is 6. The number of hydrogen-bond acceptors (Lipinski definition) is 7. The highest BCUT2D eigenvalue weighted by atomic mass is 32.2. The van der Waals surface area contributed by atoms with Crippen molar-refractivity contribution < 1.29 is 43.9 Å². The van der Waals surface area contributed by atoms with Gasteiger partial charge in [0.25, 0.3) is 0 Å². The molecular weight excluding hydrogens is 571 g/mol. The Balaban J connectivity index is 1.38. The lowest BCUT2D eigenvalue weighted by atomic mass is 9.81. The SMILES string of the molecule is O=C(CCc1cc(-c2cnc(C(F)(F)F)nc2)nc(C(F)(F)F)n1)[C@@H]1C2CC(C2)N1S(=O)(=O)c1ccc(F)cc1. The average molecular weight is 589 g/mol. The van der Waals surface area contributed by atoms with Gasteiger partial charge in [0.15, 0.2) is 5.78 Å². The van der Waals surface area contributed by atoms with Crippen LogP contribution in [-0.4, -0.2) is 50.5 Å². The second-order valence-corrected chi connectivity index (χ2v) is 11.3. The van der Waals surface area contributed by atoms with E-state index < -0.39 is 63.4 Å². The summed E-state index contributed by atoms with van der Waals surface area (Å²) in [5, 5.41) is 0. The Morgan fingerprint density at radius 3 is 2.10 bits per heavy atom. The average Bonchev–Trinajstić information content (AvgIpc) is 3.44. The van der Waals surface area contributed by atoms with Crippen molar-refractivity contribution in [2.45, 2.75) is 55.0 Å². The molecule has 1 aliphatic carbocycles. The molecule has 3 fully saturated rings. The standard InChI is InChI=1S/C24H18F7N5O3S/c25-14-1-4-17(5-2-14)40(38,39)36-16-7-12(8-16)20(36)19(37)6-3-15-9-18(35-22(34-15)24(29,30)31)13-10-32-21(33-11-13)23(26,27)28/h1-2,4-5,9-12,16,20H,3,6-8H2/t12?,16?,20-/m0/s1. The molecule has 2 saturated heterocycles. The van der Waals surface area contributed by atoms with Gasteiger partial charge in [-0.15, -0.1) is 0 Å². The number of rotatable bonds is 7. The number of benzene rings is 1. The van der Waals surface area contributed by atoms with Gasteiger partial charge in [-0.2, -0.15) is 30.6 Å². The summed E-state index contributed by atoms with van der Waals surface area (Å²) in [5.74, 6) is -4.48. The molecule has 2 aliphatic heterocycles. The molecule has 3 aliphatic rings. The zero-order valence-electron chi connectivity index (χ0n) is 20.1. The van der Waals surface area contributed by atoms with Crippen molar-refractivity contribution in [2.24, 2.45) is 5.92 Å². The third kappa shape index (κ3) is 5.29. The third-order valence-corrected chi connectivity index (χ3v) is 8.76. The Morgan fingerprint density at radius 2 is 1.52 bits per heavy atom. The lowest BCUT2D eigenvalue weighted by molar-refractivity contribution is -0.145. The quantitative estimate of drug-likeness (QED) is 0.375. The van der Waals surface area contributed by atoms with Crippen LogP contribution in [0, 0.1) is 11.7 Å². The lowest BCUT2D eigenvalue weighted by Crippen LogP contribution is -2.41. The van der Waals surface area contributed by atoms with Crippen LogP contribution in [0.5, 0.6) is 0 Å². The molecule has 2 aromatic heterocycles. The van der Waals surface area contributed by atoms with Crippen molar-refractivity contribution in [3.8, 4) is 11.3 Å². The number of sulfonamides is 1. The number of aromatic nitrogens is 4. The Morgan fingerprint density at radius 1 is 0.925 bits per heavy atom. The minimum Gasteiger partial charge on any atom is -0.298 e. The molecule has 212 valence electrons. The number of fused-ring (bicyclic) bond motifs is 1. The van der Waals surface area contributed by atoms with Crippen LogP contribution in [0.1, 0.15) is 36.6 Å². The first-order valence-electron chi connectivity index (χ1n) is 11.8. The number of nitrogens with zero attached hydrogens (tertiary/aromatic N) is 5. The number of ketones is 1. The van der Waals surface area contributed by atoms with Crippen LogP contribution in [0.2, 0.25) is 0 Å². The van der Waals surface area contributed by atoms with Gasteiger partial charge in [0.1, 0.15) is 5.82 Å². The largest absolute Gasteiger partial charge is 0.451 e. The number of halogens is 7. The zero-order valence-corrected chi connectivity index (χ0v) is 20.9. The molecule has 4 heterocycles. The minimum atomic E-state index is -5.01. The van der Waals surface area contributed by atoms with Crippen molar-refractivity contribution in [2.75, 3.05) is 0 Å². The van der Waals surface area contributed by atoms with Crippen LogP contribution < -0.4 is 0 Å². The van der Waals surface area contributed by atoms with Crippen LogP contribution in [0.25, 0.3) is 11.3 Å². The summed E-state index contributed by atoms with van der Waals surface area (Å²) in [4.78, 5) is 26.1. The molecule has 0 N–H and O–H groups in total. The van der Waals surface area contributed by atoms with E-state index in [0.717, 1.165) is 34.6 Å². The molecule has 3 aromatic rings. The highest BCUT2D eigenvalue weighted by molar-refractivity contribution is 7.89. The summed E-state index contributed by atoms with van der Waals surface area (Å²) in [7, 11) is -4.15. The number of aryl methyl sites for hydroxylation is 1. The van der Waals surface area contributed by atoms with E-state index in [9.17, 15) is 43.9 Å². The molecule has 6 rings (SSSR count).